The van der Waals surface area contributed by atoms with Crippen LogP contribution in [-0.2, 0) is 27.3 Å². The van der Waals surface area contributed by atoms with Crippen LogP contribution in [-0.4, -0.2) is 67.2 Å². The van der Waals surface area contributed by atoms with E-state index in [1.165, 1.54) is 5.56 Å². The summed E-state index contributed by atoms with van der Waals surface area (Å²) in [5.74, 6) is -5.05. The molecule has 4 aromatic rings. The van der Waals surface area contributed by atoms with Gasteiger partial charge < -0.3 is 25.3 Å². The van der Waals surface area contributed by atoms with Gasteiger partial charge in [-0.2, -0.15) is 26.3 Å². The lowest BCUT2D eigenvalue weighted by Gasteiger charge is -2.08. The van der Waals surface area contributed by atoms with E-state index in [1.54, 1.807) is 6.20 Å². The summed E-state index contributed by atoms with van der Waals surface area (Å²) in [6.07, 6.45) is -2.69. The molecule has 0 saturated carbocycles. The van der Waals surface area contributed by atoms with Crippen LogP contribution in [0.5, 0.6) is 0 Å². The fraction of sp³-hybridized carbons (Fsp3) is 0.292. The minimum atomic E-state index is -5.08. The highest BCUT2D eigenvalue weighted by Gasteiger charge is 2.38. The van der Waals surface area contributed by atoms with Gasteiger partial charge in [-0.1, -0.05) is 24.3 Å². The van der Waals surface area contributed by atoms with Crippen molar-refractivity contribution >= 4 is 39.7 Å². The van der Waals surface area contributed by atoms with Gasteiger partial charge in [-0.3, -0.25) is 4.98 Å². The molecule has 40 heavy (non-hydrogen) atoms. The van der Waals surface area contributed by atoms with E-state index in [-0.39, 0.29) is 0 Å². The first-order valence-corrected chi connectivity index (χ1v) is 11.3. The van der Waals surface area contributed by atoms with Crippen molar-refractivity contribution in [2.75, 3.05) is 18.9 Å². The summed E-state index contributed by atoms with van der Waals surface area (Å²) < 4.78 is 71.4. The van der Waals surface area contributed by atoms with Crippen molar-refractivity contribution < 1.29 is 50.9 Å². The summed E-state index contributed by atoms with van der Waals surface area (Å²) in [6.45, 7) is 2.10. The number of nitrogens with two attached hydrogens (primary N) is 1. The first-order valence-electron chi connectivity index (χ1n) is 11.3. The number of carboxylic acid groups (broad SMARTS) is 2. The van der Waals surface area contributed by atoms with Crippen molar-refractivity contribution in [2.24, 2.45) is 0 Å². The van der Waals surface area contributed by atoms with Gasteiger partial charge in [-0.05, 0) is 30.5 Å². The molecular formula is C24H23F6N5O5. The van der Waals surface area contributed by atoms with Crippen LogP contribution in [0.3, 0.4) is 0 Å². The Hall–Kier alpha value is -4.47. The number of hydrogen-bond acceptors (Lipinski definition) is 7. The predicted molar refractivity (Wildman–Crippen MR) is 130 cm³/mol. The number of aryl methyl sites for hydroxylation is 1. The van der Waals surface area contributed by atoms with Gasteiger partial charge in [-0.15, -0.1) is 0 Å². The Labute approximate surface area is 222 Å². The average molecular weight is 575 g/mol. The summed E-state index contributed by atoms with van der Waals surface area (Å²) in [7, 11) is 0. The van der Waals surface area contributed by atoms with Gasteiger partial charge in [0.1, 0.15) is 5.52 Å². The standard InChI is InChI=1S/C20H21N5O.2C2HF3O2/c21-20-18-19(16-7-1-2-8-17(16)24-20)25(14-23-18)10-12-26-11-4-6-15-5-3-9-22-13-15;2*3-2(4,5)1(6)7/h1-3,5,7-9,13-14H,4,6,10-12H2,(H2,21,24);2*(H,6,7). The van der Waals surface area contributed by atoms with Crippen LogP contribution in [0.15, 0.2) is 55.1 Å². The second-order valence-corrected chi connectivity index (χ2v) is 7.83. The zero-order valence-corrected chi connectivity index (χ0v) is 20.5. The SMILES string of the molecule is Nc1nc2ccccc2c2c1ncn2CCOCCCc1cccnc1.O=C(O)C(F)(F)F.O=C(O)C(F)(F)F. The van der Waals surface area contributed by atoms with E-state index in [0.717, 1.165) is 47.9 Å². The number of alkyl halides is 6. The largest absolute Gasteiger partial charge is 0.490 e. The van der Waals surface area contributed by atoms with Crippen molar-refractivity contribution in [1.29, 1.82) is 0 Å². The molecule has 0 radical (unpaired) electrons. The molecule has 0 atom stereocenters. The van der Waals surface area contributed by atoms with Crippen molar-refractivity contribution in [2.45, 2.75) is 31.7 Å². The lowest BCUT2D eigenvalue weighted by molar-refractivity contribution is -0.193. The second kappa shape index (κ2) is 14.1. The Bertz CT molecular complexity index is 1390. The molecule has 0 aliphatic heterocycles. The Morgan fingerprint density at radius 3 is 2.15 bits per heavy atom. The Balaban J connectivity index is 0.000000333. The third kappa shape index (κ3) is 9.68. The number of aromatic nitrogens is 4. The third-order valence-corrected chi connectivity index (χ3v) is 4.92. The summed E-state index contributed by atoms with van der Waals surface area (Å²) in [6, 6.07) is 12.0. The lowest BCUT2D eigenvalue weighted by Crippen LogP contribution is -2.21. The van der Waals surface area contributed by atoms with Crippen LogP contribution in [0.4, 0.5) is 32.2 Å². The normalized spacial score (nSPS) is 11.3. The smallest absolute Gasteiger partial charge is 0.475 e. The van der Waals surface area contributed by atoms with E-state index in [2.05, 4.69) is 31.7 Å². The van der Waals surface area contributed by atoms with E-state index < -0.39 is 24.3 Å². The number of anilines is 1. The number of rotatable bonds is 7. The maximum Gasteiger partial charge on any atom is 0.490 e. The Morgan fingerprint density at radius 1 is 0.950 bits per heavy atom. The molecule has 4 rings (SSSR count). The van der Waals surface area contributed by atoms with Gasteiger partial charge in [0.05, 0.1) is 24.0 Å². The maximum absolute atomic E-state index is 10.6. The number of nitrogens with zero attached hydrogens (tertiary/aromatic N) is 4. The summed E-state index contributed by atoms with van der Waals surface area (Å²) in [4.78, 5) is 30.8. The highest BCUT2D eigenvalue weighted by atomic mass is 19.4. The van der Waals surface area contributed by atoms with E-state index in [4.69, 9.17) is 30.3 Å². The fourth-order valence-electron chi connectivity index (χ4n) is 3.17. The maximum atomic E-state index is 10.6. The summed E-state index contributed by atoms with van der Waals surface area (Å²) in [5.41, 5.74) is 9.96. The van der Waals surface area contributed by atoms with Gasteiger partial charge in [0.2, 0.25) is 0 Å². The number of carbonyl (C=O) groups is 2. The van der Waals surface area contributed by atoms with Gasteiger partial charge >= 0.3 is 24.3 Å². The van der Waals surface area contributed by atoms with Crippen molar-refractivity contribution in [3.05, 3.63) is 60.7 Å². The molecule has 0 bridgehead atoms. The third-order valence-electron chi connectivity index (χ3n) is 4.92. The minimum Gasteiger partial charge on any atom is -0.475 e. The van der Waals surface area contributed by atoms with E-state index in [1.807, 2.05) is 36.8 Å². The number of imidazole rings is 1. The number of benzene rings is 1. The number of hydrogen-bond donors (Lipinski definition) is 3. The number of nitrogen functional groups attached to an aromatic ring is 1. The molecule has 16 heteroatoms. The van der Waals surface area contributed by atoms with Gasteiger partial charge in [0.15, 0.2) is 5.82 Å². The number of para-hydroxylation sites is 1. The van der Waals surface area contributed by atoms with Crippen molar-refractivity contribution in [3.63, 3.8) is 0 Å². The molecular weight excluding hydrogens is 552 g/mol. The van der Waals surface area contributed by atoms with Crippen molar-refractivity contribution in [1.82, 2.24) is 19.5 Å². The molecule has 1 aromatic carbocycles. The van der Waals surface area contributed by atoms with E-state index in [0.29, 0.717) is 12.4 Å². The molecule has 0 spiro atoms. The van der Waals surface area contributed by atoms with E-state index >= 15 is 0 Å². The first-order chi connectivity index (χ1) is 18.7. The predicted octanol–water partition coefficient (Wildman–Crippen LogP) is 4.48. The summed E-state index contributed by atoms with van der Waals surface area (Å²) >= 11 is 0. The second-order valence-electron chi connectivity index (χ2n) is 7.83. The zero-order chi connectivity index (χ0) is 29.9. The van der Waals surface area contributed by atoms with E-state index in [9.17, 15) is 26.3 Å². The molecule has 3 aromatic heterocycles. The zero-order valence-electron chi connectivity index (χ0n) is 20.5. The van der Waals surface area contributed by atoms with Crippen LogP contribution in [0.1, 0.15) is 12.0 Å². The van der Waals surface area contributed by atoms with Crippen LogP contribution in [0.25, 0.3) is 21.9 Å². The fourth-order valence-corrected chi connectivity index (χ4v) is 3.17. The lowest BCUT2D eigenvalue weighted by atomic mass is 10.2. The number of aliphatic carboxylic acids is 2. The molecule has 0 aliphatic rings. The molecule has 0 fully saturated rings. The monoisotopic (exact) mass is 575 g/mol. The van der Waals surface area contributed by atoms with Crippen molar-refractivity contribution in [3.8, 4) is 0 Å². The number of halogens is 6. The molecule has 0 amide bonds. The van der Waals surface area contributed by atoms with Crippen LogP contribution in [0.2, 0.25) is 0 Å². The number of fused-ring (bicyclic) bond motifs is 3. The van der Waals surface area contributed by atoms with Crippen LogP contribution < -0.4 is 5.73 Å². The van der Waals surface area contributed by atoms with Gasteiger partial charge in [0, 0.05) is 30.9 Å². The number of carboxylic acids is 2. The average Bonchev–Trinajstić information content (AvgIpc) is 3.31. The van der Waals surface area contributed by atoms with Crippen LogP contribution >= 0.6 is 0 Å². The number of ether oxygens (including phenoxy) is 1. The first kappa shape index (κ1) is 31.7. The van der Waals surface area contributed by atoms with Gasteiger partial charge in [-0.25, -0.2) is 19.6 Å². The highest BCUT2D eigenvalue weighted by molar-refractivity contribution is 6.06. The van der Waals surface area contributed by atoms with Gasteiger partial charge in [0.25, 0.3) is 0 Å². The minimum absolute atomic E-state index is 0.467. The Kier molecular flexibility index (Phi) is 11.2. The highest BCUT2D eigenvalue weighted by Crippen LogP contribution is 2.26. The number of pyridine rings is 2. The molecule has 0 unspecified atom stereocenters. The molecule has 4 N–H and O–H groups in total. The summed E-state index contributed by atoms with van der Waals surface area (Å²) in [5, 5.41) is 15.3. The molecule has 216 valence electrons. The van der Waals surface area contributed by atoms with Crippen LogP contribution in [0, 0.1) is 0 Å². The molecule has 10 nitrogen and oxygen atoms in total. The Morgan fingerprint density at radius 2 is 1.57 bits per heavy atom. The molecule has 3 heterocycles. The quantitative estimate of drug-likeness (QED) is 0.214. The molecule has 0 aliphatic carbocycles. The topological polar surface area (TPSA) is 153 Å². The molecule has 0 saturated heterocycles.